The first kappa shape index (κ1) is 14.4. The lowest BCUT2D eigenvalue weighted by Crippen LogP contribution is -2.57. The average molecular weight is 259 g/mol. The molecule has 7 heteroatoms. The molecule has 1 rings (SSSR count). The summed E-state index contributed by atoms with van der Waals surface area (Å²) in [7, 11) is 0. The quantitative estimate of drug-likeness (QED) is 0.465. The summed E-state index contributed by atoms with van der Waals surface area (Å²) in [5.41, 5.74) is -1.99. The summed E-state index contributed by atoms with van der Waals surface area (Å²) in [6, 6.07) is 2.93. The monoisotopic (exact) mass is 259 g/mol. The van der Waals surface area contributed by atoms with Crippen LogP contribution in [-0.2, 0) is 0 Å². The van der Waals surface area contributed by atoms with Crippen molar-refractivity contribution in [2.75, 3.05) is 19.8 Å². The van der Waals surface area contributed by atoms with E-state index >= 15 is 0 Å². The predicted octanol–water partition coefficient (Wildman–Crippen LogP) is -1.02. The maximum Gasteiger partial charge on any atom is 0.254 e. The molecule has 1 amide bonds. The number of rotatable bonds is 5. The molecule has 0 spiro atoms. The third-order valence-electron chi connectivity index (χ3n) is 2.48. The van der Waals surface area contributed by atoms with Crippen molar-refractivity contribution in [1.29, 1.82) is 0 Å². The van der Waals surface area contributed by atoms with Crippen molar-refractivity contribution in [2.45, 2.75) is 5.54 Å². The number of halogens is 1. The Balaban J connectivity index is 2.94. The molecule has 0 saturated heterocycles. The fourth-order valence-corrected chi connectivity index (χ4v) is 1.26. The van der Waals surface area contributed by atoms with Gasteiger partial charge in [0.25, 0.3) is 5.91 Å². The average Bonchev–Trinajstić information content (AvgIpc) is 2.36. The molecule has 1 aromatic carbocycles. The van der Waals surface area contributed by atoms with Gasteiger partial charge in [-0.1, -0.05) is 0 Å². The molecule has 0 aliphatic rings. The van der Waals surface area contributed by atoms with Crippen LogP contribution in [0.2, 0.25) is 0 Å². The second-order valence-corrected chi connectivity index (χ2v) is 3.87. The highest BCUT2D eigenvalue weighted by molar-refractivity contribution is 5.95. The summed E-state index contributed by atoms with van der Waals surface area (Å²) in [5, 5.41) is 38.2. The first-order valence-electron chi connectivity index (χ1n) is 5.11. The number of aromatic hydroxyl groups is 1. The molecular weight excluding hydrogens is 245 g/mol. The normalized spacial score (nSPS) is 11.3. The Hall–Kier alpha value is -1.70. The molecule has 0 aliphatic carbocycles. The van der Waals surface area contributed by atoms with Crippen molar-refractivity contribution in [2.24, 2.45) is 0 Å². The molecule has 0 atom stereocenters. The van der Waals surface area contributed by atoms with E-state index in [0.717, 1.165) is 18.2 Å². The minimum atomic E-state index is -1.62. The smallest absolute Gasteiger partial charge is 0.254 e. The number of aliphatic hydroxyl groups is 3. The van der Waals surface area contributed by atoms with Gasteiger partial charge < -0.3 is 25.7 Å². The molecule has 0 fully saturated rings. The van der Waals surface area contributed by atoms with Crippen LogP contribution in [0.1, 0.15) is 10.4 Å². The van der Waals surface area contributed by atoms with Crippen molar-refractivity contribution in [3.05, 3.63) is 29.6 Å². The summed E-state index contributed by atoms with van der Waals surface area (Å²) < 4.78 is 13.4. The summed E-state index contributed by atoms with van der Waals surface area (Å²) in [5.74, 6) is -2.19. The molecule has 0 bridgehead atoms. The molecule has 6 nitrogen and oxygen atoms in total. The van der Waals surface area contributed by atoms with Crippen molar-refractivity contribution in [3.8, 4) is 5.75 Å². The van der Waals surface area contributed by atoms with Gasteiger partial charge in [0.2, 0.25) is 0 Å². The third kappa shape index (κ3) is 2.95. The van der Waals surface area contributed by atoms with E-state index in [2.05, 4.69) is 5.32 Å². The second kappa shape index (κ2) is 5.76. The molecular formula is C11H14FNO5. The predicted molar refractivity (Wildman–Crippen MR) is 59.5 cm³/mol. The molecule has 18 heavy (non-hydrogen) atoms. The zero-order valence-corrected chi connectivity index (χ0v) is 9.43. The minimum Gasteiger partial charge on any atom is -0.508 e. The highest BCUT2D eigenvalue weighted by Gasteiger charge is 2.31. The van der Waals surface area contributed by atoms with Gasteiger partial charge in [-0.05, 0) is 12.1 Å². The lowest BCUT2D eigenvalue weighted by molar-refractivity contribution is 0.0373. The van der Waals surface area contributed by atoms with E-state index in [1.165, 1.54) is 0 Å². The van der Waals surface area contributed by atoms with Crippen LogP contribution in [0.15, 0.2) is 18.2 Å². The summed E-state index contributed by atoms with van der Waals surface area (Å²) in [6.07, 6.45) is 0. The Labute approximate surface area is 102 Å². The van der Waals surface area contributed by atoms with Gasteiger partial charge >= 0.3 is 0 Å². The number of phenols is 1. The van der Waals surface area contributed by atoms with E-state index in [-0.39, 0.29) is 11.3 Å². The maximum absolute atomic E-state index is 13.4. The number of hydrogen-bond donors (Lipinski definition) is 5. The van der Waals surface area contributed by atoms with Crippen LogP contribution in [0.4, 0.5) is 4.39 Å². The van der Waals surface area contributed by atoms with E-state index in [9.17, 15) is 9.18 Å². The SMILES string of the molecule is O=C(NC(CO)(CO)CO)c1ccc(O)cc1F. The number of amides is 1. The van der Waals surface area contributed by atoms with Gasteiger partial charge in [0.15, 0.2) is 0 Å². The number of hydrogen-bond acceptors (Lipinski definition) is 5. The number of carbonyl (C=O) groups excluding carboxylic acids is 1. The molecule has 0 aromatic heterocycles. The Morgan fingerprint density at radius 2 is 1.78 bits per heavy atom. The number of nitrogens with one attached hydrogen (secondary N) is 1. The Morgan fingerprint density at radius 1 is 1.22 bits per heavy atom. The van der Waals surface area contributed by atoms with Gasteiger partial charge in [0, 0.05) is 6.07 Å². The number of benzene rings is 1. The standard InChI is InChI=1S/C11H14FNO5/c12-9-3-7(17)1-2-8(9)10(18)13-11(4-14,5-15)6-16/h1-3,14-17H,4-6H2,(H,13,18). The summed E-state index contributed by atoms with van der Waals surface area (Å²) in [6.45, 7) is -2.11. The van der Waals surface area contributed by atoms with Gasteiger partial charge in [-0.25, -0.2) is 4.39 Å². The summed E-state index contributed by atoms with van der Waals surface area (Å²) >= 11 is 0. The molecule has 0 saturated carbocycles. The first-order valence-corrected chi connectivity index (χ1v) is 5.11. The topological polar surface area (TPSA) is 110 Å². The maximum atomic E-state index is 13.4. The lowest BCUT2D eigenvalue weighted by atomic mass is 10.0. The Bertz CT molecular complexity index is 425. The fourth-order valence-electron chi connectivity index (χ4n) is 1.26. The van der Waals surface area contributed by atoms with Crippen molar-refractivity contribution in [3.63, 3.8) is 0 Å². The van der Waals surface area contributed by atoms with Crippen LogP contribution in [0.5, 0.6) is 5.75 Å². The zero-order chi connectivity index (χ0) is 13.8. The van der Waals surface area contributed by atoms with Crippen LogP contribution in [-0.4, -0.2) is 51.7 Å². The van der Waals surface area contributed by atoms with Crippen LogP contribution in [0.25, 0.3) is 0 Å². The Morgan fingerprint density at radius 3 is 2.22 bits per heavy atom. The van der Waals surface area contributed by atoms with E-state index in [4.69, 9.17) is 20.4 Å². The van der Waals surface area contributed by atoms with Crippen molar-refractivity contribution in [1.82, 2.24) is 5.32 Å². The van der Waals surface area contributed by atoms with Gasteiger partial charge in [-0.2, -0.15) is 0 Å². The number of phenolic OH excluding ortho intramolecular Hbond substituents is 1. The van der Waals surface area contributed by atoms with Crippen LogP contribution >= 0.6 is 0 Å². The van der Waals surface area contributed by atoms with Crippen LogP contribution in [0, 0.1) is 5.82 Å². The molecule has 0 heterocycles. The largest absolute Gasteiger partial charge is 0.508 e. The Kier molecular flexibility index (Phi) is 4.60. The van der Waals surface area contributed by atoms with Gasteiger partial charge in [-0.3, -0.25) is 4.79 Å². The highest BCUT2D eigenvalue weighted by atomic mass is 19.1. The van der Waals surface area contributed by atoms with Crippen LogP contribution < -0.4 is 5.32 Å². The molecule has 100 valence electrons. The van der Waals surface area contributed by atoms with Gasteiger partial charge in [0.1, 0.15) is 17.1 Å². The molecule has 0 unspecified atom stereocenters. The fraction of sp³-hybridized carbons (Fsp3) is 0.364. The van der Waals surface area contributed by atoms with Crippen molar-refractivity contribution >= 4 is 5.91 Å². The van der Waals surface area contributed by atoms with Gasteiger partial charge in [-0.15, -0.1) is 0 Å². The summed E-state index contributed by atoms with van der Waals surface area (Å²) in [4.78, 5) is 11.7. The highest BCUT2D eigenvalue weighted by Crippen LogP contribution is 2.15. The van der Waals surface area contributed by atoms with E-state index in [1.807, 2.05) is 0 Å². The van der Waals surface area contributed by atoms with E-state index < -0.39 is 37.1 Å². The molecule has 5 N–H and O–H groups in total. The zero-order valence-electron chi connectivity index (χ0n) is 9.43. The molecule has 1 aromatic rings. The van der Waals surface area contributed by atoms with Crippen LogP contribution in [0.3, 0.4) is 0 Å². The van der Waals surface area contributed by atoms with Crippen molar-refractivity contribution < 1.29 is 29.6 Å². The van der Waals surface area contributed by atoms with E-state index in [1.54, 1.807) is 0 Å². The molecule has 0 aliphatic heterocycles. The molecule has 0 radical (unpaired) electrons. The third-order valence-corrected chi connectivity index (χ3v) is 2.48. The number of carbonyl (C=O) groups is 1. The van der Waals surface area contributed by atoms with Gasteiger partial charge in [0.05, 0.1) is 25.4 Å². The van der Waals surface area contributed by atoms with E-state index in [0.29, 0.717) is 0 Å². The first-order chi connectivity index (χ1) is 8.48. The minimum absolute atomic E-state index is 0.332. The lowest BCUT2D eigenvalue weighted by Gasteiger charge is -2.28. The second-order valence-electron chi connectivity index (χ2n) is 3.87. The number of aliphatic hydroxyl groups excluding tert-OH is 3.